The van der Waals surface area contributed by atoms with Crippen molar-refractivity contribution in [3.8, 4) is 0 Å². The first kappa shape index (κ1) is 16.5. The molecule has 3 heterocycles. The molecule has 0 saturated carbocycles. The Hall–Kier alpha value is -2.95. The van der Waals surface area contributed by atoms with Gasteiger partial charge in [0.25, 0.3) is 11.8 Å². The molecule has 5 nitrogen and oxygen atoms in total. The average molecular weight is 347 g/mol. The number of pyridine rings is 1. The van der Waals surface area contributed by atoms with Gasteiger partial charge in [-0.05, 0) is 36.5 Å². The highest BCUT2D eigenvalue weighted by molar-refractivity contribution is 6.35. The molecule has 0 atom stereocenters. The third-order valence-electron chi connectivity index (χ3n) is 4.94. The van der Waals surface area contributed by atoms with Crippen molar-refractivity contribution < 1.29 is 9.59 Å². The van der Waals surface area contributed by atoms with E-state index in [9.17, 15) is 9.59 Å². The third kappa shape index (κ3) is 3.01. The van der Waals surface area contributed by atoms with E-state index in [1.54, 1.807) is 12.4 Å². The molecule has 0 bridgehead atoms. The zero-order valence-corrected chi connectivity index (χ0v) is 14.6. The minimum atomic E-state index is -0.217. The Morgan fingerprint density at radius 2 is 1.65 bits per heavy atom. The Morgan fingerprint density at radius 3 is 2.35 bits per heavy atom. The maximum absolute atomic E-state index is 13.2. The summed E-state index contributed by atoms with van der Waals surface area (Å²) in [5, 5.41) is 0. The minimum absolute atomic E-state index is 0.195. The van der Waals surface area contributed by atoms with Crippen molar-refractivity contribution in [2.75, 3.05) is 13.1 Å². The second-order valence-corrected chi connectivity index (χ2v) is 6.70. The summed E-state index contributed by atoms with van der Waals surface area (Å²) in [6.45, 7) is 1.90. The Balaban J connectivity index is 1.73. The number of aromatic nitrogens is 1. The second-order valence-electron chi connectivity index (χ2n) is 6.70. The maximum Gasteiger partial charge on any atom is 0.278 e. The summed E-state index contributed by atoms with van der Waals surface area (Å²) < 4.78 is 0. The molecule has 0 N–H and O–H groups in total. The van der Waals surface area contributed by atoms with Crippen molar-refractivity contribution in [2.45, 2.75) is 25.8 Å². The molecule has 0 unspecified atom stereocenters. The van der Waals surface area contributed by atoms with Crippen LogP contribution in [0.3, 0.4) is 0 Å². The molecule has 26 heavy (non-hydrogen) atoms. The fourth-order valence-electron chi connectivity index (χ4n) is 3.66. The van der Waals surface area contributed by atoms with Crippen LogP contribution >= 0.6 is 0 Å². The van der Waals surface area contributed by atoms with Gasteiger partial charge in [0.05, 0.1) is 12.1 Å². The number of nitrogens with zero attached hydrogens (tertiary/aromatic N) is 3. The summed E-state index contributed by atoms with van der Waals surface area (Å²) in [4.78, 5) is 33.9. The zero-order valence-electron chi connectivity index (χ0n) is 14.6. The SMILES string of the molecule is O=C1C(c2ccccc2)=C(N2CCCCC2)C(=O)N1Cc1cccnc1. The van der Waals surface area contributed by atoms with Crippen LogP contribution in [-0.2, 0) is 16.1 Å². The standard InChI is InChI=1S/C21H21N3O2/c25-20-18(17-9-3-1-4-10-17)19(23-12-5-2-6-13-23)21(26)24(20)15-16-8-7-11-22-14-16/h1,3-4,7-11,14H,2,5-6,12-13,15H2. The van der Waals surface area contributed by atoms with E-state index in [-0.39, 0.29) is 18.4 Å². The summed E-state index contributed by atoms with van der Waals surface area (Å²) in [5.41, 5.74) is 2.74. The molecule has 132 valence electrons. The molecule has 1 fully saturated rings. The molecule has 5 heteroatoms. The highest BCUT2D eigenvalue weighted by Gasteiger charge is 2.41. The monoisotopic (exact) mass is 347 g/mol. The molecular weight excluding hydrogens is 326 g/mol. The quantitative estimate of drug-likeness (QED) is 0.798. The van der Waals surface area contributed by atoms with Crippen LogP contribution in [0.25, 0.3) is 5.57 Å². The Kier molecular flexibility index (Phi) is 4.52. The normalized spacial score (nSPS) is 18.0. The number of hydrogen-bond acceptors (Lipinski definition) is 4. The fourth-order valence-corrected chi connectivity index (χ4v) is 3.66. The van der Waals surface area contributed by atoms with Crippen molar-refractivity contribution in [3.05, 3.63) is 71.7 Å². The summed E-state index contributed by atoms with van der Waals surface area (Å²) in [6.07, 6.45) is 6.66. The number of rotatable bonds is 4. The molecule has 0 spiro atoms. The topological polar surface area (TPSA) is 53.5 Å². The molecule has 0 aliphatic carbocycles. The van der Waals surface area contributed by atoms with Gasteiger partial charge < -0.3 is 4.90 Å². The highest BCUT2D eigenvalue weighted by Crippen LogP contribution is 2.33. The first-order valence-electron chi connectivity index (χ1n) is 9.05. The number of likely N-dealkylation sites (tertiary alicyclic amines) is 1. The molecule has 1 aromatic carbocycles. The molecule has 2 aliphatic heterocycles. The lowest BCUT2D eigenvalue weighted by atomic mass is 10.0. The van der Waals surface area contributed by atoms with Gasteiger partial charge in [-0.3, -0.25) is 19.5 Å². The number of piperidine rings is 1. The van der Waals surface area contributed by atoms with Crippen LogP contribution < -0.4 is 0 Å². The van der Waals surface area contributed by atoms with Gasteiger partial charge in [0, 0.05) is 25.5 Å². The van der Waals surface area contributed by atoms with E-state index >= 15 is 0 Å². The molecule has 2 aliphatic rings. The van der Waals surface area contributed by atoms with Gasteiger partial charge in [-0.1, -0.05) is 36.4 Å². The Morgan fingerprint density at radius 1 is 0.885 bits per heavy atom. The van der Waals surface area contributed by atoms with Crippen molar-refractivity contribution in [3.63, 3.8) is 0 Å². The van der Waals surface area contributed by atoms with E-state index < -0.39 is 0 Å². The molecule has 4 rings (SSSR count). The van der Waals surface area contributed by atoms with Crippen molar-refractivity contribution in [2.24, 2.45) is 0 Å². The molecule has 1 aromatic heterocycles. The number of imide groups is 1. The smallest absolute Gasteiger partial charge is 0.278 e. The lowest BCUT2D eigenvalue weighted by Crippen LogP contribution is -2.36. The van der Waals surface area contributed by atoms with E-state index in [2.05, 4.69) is 9.88 Å². The minimum Gasteiger partial charge on any atom is -0.366 e. The summed E-state index contributed by atoms with van der Waals surface area (Å²) in [6, 6.07) is 13.2. The lowest BCUT2D eigenvalue weighted by molar-refractivity contribution is -0.138. The predicted octanol–water partition coefficient (Wildman–Crippen LogP) is 2.85. The van der Waals surface area contributed by atoms with E-state index in [0.29, 0.717) is 11.3 Å². The van der Waals surface area contributed by atoms with Gasteiger partial charge in [0.15, 0.2) is 0 Å². The van der Waals surface area contributed by atoms with Gasteiger partial charge >= 0.3 is 0 Å². The van der Waals surface area contributed by atoms with Crippen LogP contribution in [-0.4, -0.2) is 39.7 Å². The number of hydrogen-bond donors (Lipinski definition) is 0. The largest absolute Gasteiger partial charge is 0.366 e. The highest BCUT2D eigenvalue weighted by atomic mass is 16.2. The number of carbonyl (C=O) groups excluding carboxylic acids is 2. The predicted molar refractivity (Wildman–Crippen MR) is 98.6 cm³/mol. The van der Waals surface area contributed by atoms with Crippen LogP contribution in [0, 0.1) is 0 Å². The molecule has 1 saturated heterocycles. The Bertz CT molecular complexity index is 840. The van der Waals surface area contributed by atoms with Gasteiger partial charge in [-0.15, -0.1) is 0 Å². The van der Waals surface area contributed by atoms with Crippen molar-refractivity contribution in [1.29, 1.82) is 0 Å². The fraction of sp³-hybridized carbons (Fsp3) is 0.286. The number of carbonyl (C=O) groups is 2. The van der Waals surface area contributed by atoms with Crippen LogP contribution in [0.1, 0.15) is 30.4 Å². The number of benzene rings is 1. The van der Waals surface area contributed by atoms with E-state index in [4.69, 9.17) is 0 Å². The van der Waals surface area contributed by atoms with Gasteiger partial charge in [0.1, 0.15) is 5.70 Å². The zero-order chi connectivity index (χ0) is 17.9. The molecule has 2 aromatic rings. The van der Waals surface area contributed by atoms with E-state index in [0.717, 1.165) is 37.1 Å². The molecular formula is C21H21N3O2. The van der Waals surface area contributed by atoms with Gasteiger partial charge in [0.2, 0.25) is 0 Å². The van der Waals surface area contributed by atoms with Gasteiger partial charge in [-0.25, -0.2) is 0 Å². The summed E-state index contributed by atoms with van der Waals surface area (Å²) in [7, 11) is 0. The van der Waals surface area contributed by atoms with Crippen LogP contribution in [0.2, 0.25) is 0 Å². The average Bonchev–Trinajstić information content (AvgIpc) is 2.95. The third-order valence-corrected chi connectivity index (χ3v) is 4.94. The van der Waals surface area contributed by atoms with Crippen molar-refractivity contribution in [1.82, 2.24) is 14.8 Å². The van der Waals surface area contributed by atoms with Gasteiger partial charge in [-0.2, -0.15) is 0 Å². The van der Waals surface area contributed by atoms with Crippen molar-refractivity contribution >= 4 is 17.4 Å². The first-order valence-corrected chi connectivity index (χ1v) is 9.05. The van der Waals surface area contributed by atoms with E-state index in [1.807, 2.05) is 42.5 Å². The molecule has 0 radical (unpaired) electrons. The lowest BCUT2D eigenvalue weighted by Gasteiger charge is -2.29. The first-order chi connectivity index (χ1) is 12.8. The van der Waals surface area contributed by atoms with Crippen LogP contribution in [0.4, 0.5) is 0 Å². The summed E-state index contributed by atoms with van der Waals surface area (Å²) >= 11 is 0. The van der Waals surface area contributed by atoms with Crippen LogP contribution in [0.15, 0.2) is 60.6 Å². The van der Waals surface area contributed by atoms with Crippen LogP contribution in [0.5, 0.6) is 0 Å². The molecule has 2 amide bonds. The maximum atomic E-state index is 13.2. The second kappa shape index (κ2) is 7.12. The van der Waals surface area contributed by atoms with E-state index in [1.165, 1.54) is 11.3 Å². The summed E-state index contributed by atoms with van der Waals surface area (Å²) in [5.74, 6) is -0.412. The Labute approximate surface area is 152 Å². The number of amides is 2.